The molecule has 5 nitrogen and oxygen atoms in total. The van der Waals surface area contributed by atoms with Gasteiger partial charge in [-0.2, -0.15) is 0 Å². The fourth-order valence-corrected chi connectivity index (χ4v) is 3.11. The normalized spacial score (nSPS) is 18.6. The number of benzene rings is 1. The van der Waals surface area contributed by atoms with Crippen LogP contribution in [0.25, 0.3) is 11.0 Å². The second-order valence-corrected chi connectivity index (χ2v) is 5.88. The molecule has 2 aromatic rings. The maximum Gasteiger partial charge on any atom is 0.255 e. The van der Waals surface area contributed by atoms with Gasteiger partial charge in [-0.1, -0.05) is 12.1 Å². The molecule has 2 heterocycles. The number of hydrogen-bond donors (Lipinski definition) is 1. The number of aryl methyl sites for hydroxylation is 1. The van der Waals surface area contributed by atoms with Crippen LogP contribution in [0.1, 0.15) is 12.8 Å². The Morgan fingerprint density at radius 2 is 2.22 bits per heavy atom. The number of anilines is 1. The Morgan fingerprint density at radius 3 is 2.96 bits per heavy atom. The van der Waals surface area contributed by atoms with Gasteiger partial charge in [-0.05, 0) is 25.0 Å². The maximum absolute atomic E-state index is 12.2. The molecule has 0 radical (unpaired) electrons. The summed E-state index contributed by atoms with van der Waals surface area (Å²) in [6, 6.07) is 7.86. The third kappa shape index (κ3) is 3.28. The third-order valence-corrected chi connectivity index (χ3v) is 4.27. The summed E-state index contributed by atoms with van der Waals surface area (Å²) < 4.78 is 26.5. The number of carbonyl (C=O) groups is 1. The van der Waals surface area contributed by atoms with E-state index in [0.717, 1.165) is 36.4 Å². The Labute approximate surface area is 133 Å². The number of halogens is 2. The zero-order valence-electron chi connectivity index (χ0n) is 13.0. The molecule has 1 unspecified atom stereocenters. The van der Waals surface area contributed by atoms with Gasteiger partial charge in [0.25, 0.3) is 6.43 Å². The number of alkyl halides is 2. The highest BCUT2D eigenvalue weighted by molar-refractivity contribution is 5.81. The lowest BCUT2D eigenvalue weighted by Crippen LogP contribution is -2.44. The summed E-state index contributed by atoms with van der Waals surface area (Å²) in [6.07, 6.45) is -0.954. The SMILES string of the molecule is Cn1c(N2CCCC(C(=O)NCC(F)F)C2)nc2ccccc21. The summed E-state index contributed by atoms with van der Waals surface area (Å²) >= 11 is 0. The van der Waals surface area contributed by atoms with Gasteiger partial charge in [-0.3, -0.25) is 4.79 Å². The van der Waals surface area contributed by atoms with Gasteiger partial charge in [0.2, 0.25) is 11.9 Å². The largest absolute Gasteiger partial charge is 0.350 e. The summed E-state index contributed by atoms with van der Waals surface area (Å²) in [5.41, 5.74) is 1.95. The summed E-state index contributed by atoms with van der Waals surface area (Å²) in [7, 11) is 1.95. The van der Waals surface area contributed by atoms with Gasteiger partial charge < -0.3 is 14.8 Å². The first kappa shape index (κ1) is 15.7. The molecule has 1 atom stereocenters. The van der Waals surface area contributed by atoms with Gasteiger partial charge in [0, 0.05) is 20.1 Å². The van der Waals surface area contributed by atoms with Crippen LogP contribution in [0.15, 0.2) is 24.3 Å². The highest BCUT2D eigenvalue weighted by Crippen LogP contribution is 2.25. The third-order valence-electron chi connectivity index (χ3n) is 4.27. The molecule has 1 aliphatic rings. The summed E-state index contributed by atoms with van der Waals surface area (Å²) in [5, 5.41) is 2.32. The predicted octanol–water partition coefficient (Wildman–Crippen LogP) is 2.17. The molecule has 0 saturated carbocycles. The molecule has 1 fully saturated rings. The highest BCUT2D eigenvalue weighted by Gasteiger charge is 2.28. The molecule has 1 N–H and O–H groups in total. The molecule has 1 aliphatic heterocycles. The molecular weight excluding hydrogens is 302 g/mol. The van der Waals surface area contributed by atoms with Gasteiger partial charge in [0.1, 0.15) is 0 Å². The molecule has 0 spiro atoms. The van der Waals surface area contributed by atoms with E-state index in [1.54, 1.807) is 0 Å². The lowest BCUT2D eigenvalue weighted by molar-refractivity contribution is -0.125. The number of carbonyl (C=O) groups excluding carboxylic acids is 1. The Hall–Kier alpha value is -2.18. The van der Waals surface area contributed by atoms with Crippen molar-refractivity contribution in [3.8, 4) is 0 Å². The smallest absolute Gasteiger partial charge is 0.255 e. The number of piperidine rings is 1. The number of para-hydroxylation sites is 2. The molecule has 1 aromatic heterocycles. The minimum absolute atomic E-state index is 0.276. The van der Waals surface area contributed by atoms with Crippen molar-refractivity contribution in [3.63, 3.8) is 0 Å². The van der Waals surface area contributed by atoms with E-state index >= 15 is 0 Å². The van der Waals surface area contributed by atoms with Crippen molar-refractivity contribution in [1.29, 1.82) is 0 Å². The Morgan fingerprint density at radius 1 is 1.43 bits per heavy atom. The number of nitrogens with one attached hydrogen (secondary N) is 1. The van der Waals surface area contributed by atoms with Crippen LogP contribution in [0.3, 0.4) is 0 Å². The summed E-state index contributed by atoms with van der Waals surface area (Å²) in [5.74, 6) is 0.244. The van der Waals surface area contributed by atoms with Crippen molar-refractivity contribution < 1.29 is 13.6 Å². The average Bonchev–Trinajstić information content (AvgIpc) is 2.90. The van der Waals surface area contributed by atoms with Crippen LogP contribution in [0, 0.1) is 5.92 Å². The van der Waals surface area contributed by atoms with E-state index in [1.165, 1.54) is 0 Å². The van der Waals surface area contributed by atoms with Crippen molar-refractivity contribution in [2.24, 2.45) is 13.0 Å². The van der Waals surface area contributed by atoms with Crippen molar-refractivity contribution >= 4 is 22.9 Å². The molecule has 0 bridgehead atoms. The van der Waals surface area contributed by atoms with E-state index in [2.05, 4.69) is 15.2 Å². The Balaban J connectivity index is 1.75. The minimum Gasteiger partial charge on any atom is -0.350 e. The number of amides is 1. The molecule has 3 rings (SSSR count). The predicted molar refractivity (Wildman–Crippen MR) is 84.7 cm³/mol. The van der Waals surface area contributed by atoms with Crippen molar-refractivity contribution in [2.45, 2.75) is 19.3 Å². The van der Waals surface area contributed by atoms with E-state index in [1.807, 2.05) is 35.9 Å². The molecule has 1 aromatic carbocycles. The van der Waals surface area contributed by atoms with Gasteiger partial charge in [0.15, 0.2) is 0 Å². The van der Waals surface area contributed by atoms with Crippen molar-refractivity contribution in [1.82, 2.24) is 14.9 Å². The lowest BCUT2D eigenvalue weighted by Gasteiger charge is -2.32. The van der Waals surface area contributed by atoms with E-state index in [0.29, 0.717) is 6.54 Å². The second kappa shape index (κ2) is 6.52. The zero-order chi connectivity index (χ0) is 16.4. The first-order valence-electron chi connectivity index (χ1n) is 7.78. The van der Waals surface area contributed by atoms with Crippen LogP contribution in [0.5, 0.6) is 0 Å². The van der Waals surface area contributed by atoms with Crippen molar-refractivity contribution in [3.05, 3.63) is 24.3 Å². The zero-order valence-corrected chi connectivity index (χ0v) is 13.0. The van der Waals surface area contributed by atoms with Gasteiger partial charge in [-0.15, -0.1) is 0 Å². The topological polar surface area (TPSA) is 50.2 Å². The number of rotatable bonds is 4. The fraction of sp³-hybridized carbons (Fsp3) is 0.500. The van der Waals surface area contributed by atoms with Crippen LogP contribution >= 0.6 is 0 Å². The molecular formula is C16H20F2N4O. The number of hydrogen-bond acceptors (Lipinski definition) is 3. The molecule has 23 heavy (non-hydrogen) atoms. The van der Waals surface area contributed by atoms with E-state index in [9.17, 15) is 13.6 Å². The standard InChI is InChI=1S/C16H20F2N4O/c1-21-13-7-3-2-6-12(13)20-16(21)22-8-4-5-11(10-22)15(23)19-9-14(17)18/h2-3,6-7,11,14H,4-5,8-10H2,1H3,(H,19,23). The van der Waals surface area contributed by atoms with Crippen LogP contribution in [0.2, 0.25) is 0 Å². The first-order chi connectivity index (χ1) is 11.1. The molecule has 0 aliphatic carbocycles. The van der Waals surface area contributed by atoms with Crippen LogP contribution in [-0.2, 0) is 11.8 Å². The molecule has 124 valence electrons. The molecule has 1 saturated heterocycles. The molecule has 1 amide bonds. The summed E-state index contributed by atoms with van der Waals surface area (Å²) in [4.78, 5) is 18.7. The Kier molecular flexibility index (Phi) is 4.45. The first-order valence-corrected chi connectivity index (χ1v) is 7.78. The fourth-order valence-electron chi connectivity index (χ4n) is 3.11. The monoisotopic (exact) mass is 322 g/mol. The van der Waals surface area contributed by atoms with Crippen LogP contribution in [-0.4, -0.2) is 41.5 Å². The van der Waals surface area contributed by atoms with E-state index < -0.39 is 13.0 Å². The molecule has 7 heteroatoms. The van der Waals surface area contributed by atoms with Gasteiger partial charge in [-0.25, -0.2) is 13.8 Å². The lowest BCUT2D eigenvalue weighted by atomic mass is 9.97. The van der Waals surface area contributed by atoms with Crippen LogP contribution in [0.4, 0.5) is 14.7 Å². The average molecular weight is 322 g/mol. The number of nitrogens with zero attached hydrogens (tertiary/aromatic N) is 3. The van der Waals surface area contributed by atoms with E-state index in [-0.39, 0.29) is 11.8 Å². The van der Waals surface area contributed by atoms with Gasteiger partial charge in [0.05, 0.1) is 23.5 Å². The quantitative estimate of drug-likeness (QED) is 0.938. The number of fused-ring (bicyclic) bond motifs is 1. The van der Waals surface area contributed by atoms with Crippen LogP contribution < -0.4 is 10.2 Å². The minimum atomic E-state index is -2.52. The summed E-state index contributed by atoms with van der Waals surface area (Å²) in [6.45, 7) is 0.740. The van der Waals surface area contributed by atoms with Gasteiger partial charge >= 0.3 is 0 Å². The number of imidazole rings is 1. The second-order valence-electron chi connectivity index (χ2n) is 5.88. The highest BCUT2D eigenvalue weighted by atomic mass is 19.3. The van der Waals surface area contributed by atoms with Crippen molar-refractivity contribution in [2.75, 3.05) is 24.5 Å². The maximum atomic E-state index is 12.2. The Bertz CT molecular complexity index is 700. The number of aromatic nitrogens is 2. The van der Waals surface area contributed by atoms with E-state index in [4.69, 9.17) is 0 Å².